The quantitative estimate of drug-likeness (QED) is 0.803. The first-order chi connectivity index (χ1) is 8.43. The third kappa shape index (κ3) is 2.11. The molecule has 5 atom stereocenters. The molecule has 102 valence electrons. The summed E-state index contributed by atoms with van der Waals surface area (Å²) in [5.41, 5.74) is 0. The molecule has 0 saturated carbocycles. The Labute approximate surface area is 107 Å². The van der Waals surface area contributed by atoms with E-state index < -0.39 is 12.0 Å². The van der Waals surface area contributed by atoms with Crippen LogP contribution in [0.3, 0.4) is 0 Å². The molecule has 0 bridgehead atoms. The Morgan fingerprint density at radius 3 is 2.39 bits per heavy atom. The van der Waals surface area contributed by atoms with E-state index in [-0.39, 0.29) is 30.0 Å². The van der Waals surface area contributed by atoms with Crippen LogP contribution >= 0.6 is 0 Å². The maximum Gasteiger partial charge on any atom is 0.326 e. The molecule has 0 radical (unpaired) electrons. The van der Waals surface area contributed by atoms with Gasteiger partial charge < -0.3 is 14.7 Å². The van der Waals surface area contributed by atoms with E-state index in [0.717, 1.165) is 6.42 Å². The van der Waals surface area contributed by atoms with Crippen LogP contribution in [0.2, 0.25) is 0 Å². The van der Waals surface area contributed by atoms with Gasteiger partial charge in [-0.2, -0.15) is 0 Å². The number of aliphatic carboxylic acids is 1. The van der Waals surface area contributed by atoms with Crippen LogP contribution < -0.4 is 0 Å². The van der Waals surface area contributed by atoms with E-state index in [1.165, 1.54) is 4.90 Å². The lowest BCUT2D eigenvalue weighted by Gasteiger charge is -2.27. The van der Waals surface area contributed by atoms with Crippen LogP contribution in [-0.4, -0.2) is 46.7 Å². The van der Waals surface area contributed by atoms with Crippen LogP contribution in [0.15, 0.2) is 0 Å². The molecule has 1 N–H and O–H groups in total. The molecule has 2 aliphatic heterocycles. The lowest BCUT2D eigenvalue weighted by Crippen LogP contribution is -2.46. The second-order valence-corrected chi connectivity index (χ2v) is 5.46. The molecule has 1 amide bonds. The molecule has 4 unspecified atom stereocenters. The van der Waals surface area contributed by atoms with Crippen molar-refractivity contribution in [1.29, 1.82) is 0 Å². The van der Waals surface area contributed by atoms with Gasteiger partial charge in [-0.1, -0.05) is 6.92 Å². The van der Waals surface area contributed by atoms with Crippen LogP contribution in [-0.2, 0) is 14.3 Å². The standard InChI is InChI=1S/C13H21NO4/c1-7-8(2)18-9(3)11(7)12(15)14-6-4-5-10(14)13(16)17/h7-11H,4-6H2,1-3H3,(H,16,17)/t7?,8?,9?,10-,11?/m1/s1. The normalized spacial score (nSPS) is 40.2. The van der Waals surface area contributed by atoms with Crippen molar-refractivity contribution in [2.45, 2.75) is 51.9 Å². The van der Waals surface area contributed by atoms with Gasteiger partial charge in [0, 0.05) is 6.54 Å². The average Bonchev–Trinajstić information content (AvgIpc) is 2.85. The fourth-order valence-electron chi connectivity index (χ4n) is 3.17. The fourth-order valence-corrected chi connectivity index (χ4v) is 3.17. The molecule has 0 aromatic heterocycles. The first-order valence-electron chi connectivity index (χ1n) is 6.62. The maximum absolute atomic E-state index is 12.5. The largest absolute Gasteiger partial charge is 0.480 e. The lowest BCUT2D eigenvalue weighted by molar-refractivity contribution is -0.151. The van der Waals surface area contributed by atoms with Gasteiger partial charge in [-0.3, -0.25) is 4.79 Å². The molecular formula is C13H21NO4. The third-order valence-corrected chi connectivity index (χ3v) is 4.35. The van der Waals surface area contributed by atoms with Crippen LogP contribution in [0.25, 0.3) is 0 Å². The number of rotatable bonds is 2. The van der Waals surface area contributed by atoms with Gasteiger partial charge in [0.25, 0.3) is 0 Å². The Morgan fingerprint density at radius 2 is 1.89 bits per heavy atom. The average molecular weight is 255 g/mol. The molecule has 0 aromatic rings. The summed E-state index contributed by atoms with van der Waals surface area (Å²) in [5.74, 6) is -1.01. The fraction of sp³-hybridized carbons (Fsp3) is 0.846. The van der Waals surface area contributed by atoms with Gasteiger partial charge in [0.1, 0.15) is 6.04 Å². The van der Waals surface area contributed by atoms with Crippen molar-refractivity contribution in [3.05, 3.63) is 0 Å². The van der Waals surface area contributed by atoms with E-state index in [1.807, 2.05) is 20.8 Å². The van der Waals surface area contributed by atoms with Crippen molar-refractivity contribution < 1.29 is 19.4 Å². The second kappa shape index (κ2) is 4.88. The van der Waals surface area contributed by atoms with Crippen LogP contribution in [0.5, 0.6) is 0 Å². The van der Waals surface area contributed by atoms with Crippen molar-refractivity contribution in [3.63, 3.8) is 0 Å². The number of ether oxygens (including phenoxy) is 1. The van der Waals surface area contributed by atoms with E-state index in [0.29, 0.717) is 13.0 Å². The Hall–Kier alpha value is -1.10. The number of carboxylic acid groups (broad SMARTS) is 1. The van der Waals surface area contributed by atoms with Gasteiger partial charge in [-0.25, -0.2) is 4.79 Å². The van der Waals surface area contributed by atoms with Gasteiger partial charge in [0.15, 0.2) is 0 Å². The van der Waals surface area contributed by atoms with Gasteiger partial charge in [0.05, 0.1) is 18.1 Å². The molecule has 2 heterocycles. The predicted molar refractivity (Wildman–Crippen MR) is 65.0 cm³/mol. The highest BCUT2D eigenvalue weighted by Gasteiger charge is 2.46. The zero-order chi connectivity index (χ0) is 13.4. The smallest absolute Gasteiger partial charge is 0.326 e. The number of hydrogen-bond donors (Lipinski definition) is 1. The maximum atomic E-state index is 12.5. The minimum atomic E-state index is -0.895. The first kappa shape index (κ1) is 13.3. The molecule has 0 aromatic carbocycles. The number of carboxylic acids is 1. The number of likely N-dealkylation sites (tertiary alicyclic amines) is 1. The minimum Gasteiger partial charge on any atom is -0.480 e. The first-order valence-corrected chi connectivity index (χ1v) is 6.62. The molecule has 2 rings (SSSR count). The van der Waals surface area contributed by atoms with E-state index >= 15 is 0 Å². The monoisotopic (exact) mass is 255 g/mol. The highest BCUT2D eigenvalue weighted by molar-refractivity contribution is 5.86. The molecule has 0 spiro atoms. The highest BCUT2D eigenvalue weighted by atomic mass is 16.5. The molecule has 18 heavy (non-hydrogen) atoms. The molecule has 0 aliphatic carbocycles. The van der Waals surface area contributed by atoms with Gasteiger partial charge in [-0.15, -0.1) is 0 Å². The zero-order valence-electron chi connectivity index (χ0n) is 11.1. The van der Waals surface area contributed by atoms with Crippen molar-refractivity contribution in [2.75, 3.05) is 6.54 Å². The number of carbonyl (C=O) groups is 2. The summed E-state index contributed by atoms with van der Waals surface area (Å²) in [7, 11) is 0. The predicted octanol–water partition coefficient (Wildman–Crippen LogP) is 1.12. The Morgan fingerprint density at radius 1 is 1.22 bits per heavy atom. The summed E-state index contributed by atoms with van der Waals surface area (Å²) in [6, 6.07) is -0.646. The Balaban J connectivity index is 2.14. The second-order valence-electron chi connectivity index (χ2n) is 5.46. The summed E-state index contributed by atoms with van der Waals surface area (Å²) in [6.07, 6.45) is 1.26. The number of carbonyl (C=O) groups excluding carboxylic acids is 1. The summed E-state index contributed by atoms with van der Waals surface area (Å²) in [6.45, 7) is 6.42. The van der Waals surface area contributed by atoms with Crippen molar-refractivity contribution in [2.24, 2.45) is 11.8 Å². The molecule has 2 saturated heterocycles. The van der Waals surface area contributed by atoms with E-state index in [1.54, 1.807) is 0 Å². The summed E-state index contributed by atoms with van der Waals surface area (Å²) < 4.78 is 5.67. The van der Waals surface area contributed by atoms with Crippen molar-refractivity contribution >= 4 is 11.9 Å². The van der Waals surface area contributed by atoms with E-state index in [9.17, 15) is 9.59 Å². The van der Waals surface area contributed by atoms with Crippen molar-refractivity contribution in [3.8, 4) is 0 Å². The molecular weight excluding hydrogens is 234 g/mol. The minimum absolute atomic E-state index is 0.0516. The van der Waals surface area contributed by atoms with Gasteiger partial charge in [-0.05, 0) is 32.6 Å². The number of hydrogen-bond acceptors (Lipinski definition) is 3. The molecule has 5 heteroatoms. The lowest BCUT2D eigenvalue weighted by atomic mass is 9.88. The Kier molecular flexibility index (Phi) is 3.61. The van der Waals surface area contributed by atoms with Gasteiger partial charge in [0.2, 0.25) is 5.91 Å². The number of nitrogens with zero attached hydrogens (tertiary/aromatic N) is 1. The Bertz CT molecular complexity index is 357. The molecule has 2 fully saturated rings. The summed E-state index contributed by atoms with van der Waals surface area (Å²) in [5, 5.41) is 9.13. The summed E-state index contributed by atoms with van der Waals surface area (Å²) in [4.78, 5) is 25.2. The zero-order valence-corrected chi connectivity index (χ0v) is 11.1. The SMILES string of the molecule is CC1OC(C)C(C(=O)N2CCC[C@@H]2C(=O)O)C1C. The van der Waals surface area contributed by atoms with Crippen LogP contribution in [0.4, 0.5) is 0 Å². The van der Waals surface area contributed by atoms with Crippen LogP contribution in [0, 0.1) is 11.8 Å². The number of amides is 1. The van der Waals surface area contributed by atoms with E-state index in [4.69, 9.17) is 9.84 Å². The molecule has 2 aliphatic rings. The summed E-state index contributed by atoms with van der Waals surface area (Å²) >= 11 is 0. The topological polar surface area (TPSA) is 66.8 Å². The van der Waals surface area contributed by atoms with Crippen molar-refractivity contribution in [1.82, 2.24) is 4.90 Å². The molecule has 5 nitrogen and oxygen atoms in total. The van der Waals surface area contributed by atoms with Crippen LogP contribution in [0.1, 0.15) is 33.6 Å². The van der Waals surface area contributed by atoms with Gasteiger partial charge >= 0.3 is 5.97 Å². The third-order valence-electron chi connectivity index (χ3n) is 4.35. The van der Waals surface area contributed by atoms with E-state index in [2.05, 4.69) is 0 Å². The highest BCUT2D eigenvalue weighted by Crippen LogP contribution is 2.35.